The third kappa shape index (κ3) is 4.56. The Balaban J connectivity index is 1.78. The molecular weight excluding hydrogens is 254 g/mol. The molecule has 1 aliphatic rings. The van der Waals surface area contributed by atoms with E-state index in [0.717, 1.165) is 56.8 Å². The van der Waals surface area contributed by atoms with Gasteiger partial charge in [-0.25, -0.2) is 0 Å². The van der Waals surface area contributed by atoms with E-state index in [-0.39, 0.29) is 6.10 Å². The van der Waals surface area contributed by atoms with E-state index in [1.807, 2.05) is 0 Å². The first kappa shape index (κ1) is 15.4. The molecule has 1 aliphatic carbocycles. The van der Waals surface area contributed by atoms with Crippen molar-refractivity contribution < 1.29 is 9.63 Å². The Bertz CT molecular complexity index is 394. The predicted molar refractivity (Wildman–Crippen MR) is 77.2 cm³/mol. The number of rotatable bonds is 7. The molecule has 0 saturated heterocycles. The van der Waals surface area contributed by atoms with E-state index in [1.165, 1.54) is 6.42 Å². The zero-order valence-electron chi connectivity index (χ0n) is 12.7. The van der Waals surface area contributed by atoms with E-state index in [4.69, 9.17) is 4.52 Å². The molecule has 114 valence electrons. The summed E-state index contributed by atoms with van der Waals surface area (Å²) in [5.41, 5.74) is 0. The van der Waals surface area contributed by atoms with Gasteiger partial charge in [0.1, 0.15) is 0 Å². The first-order valence-corrected chi connectivity index (χ1v) is 7.87. The Labute approximate surface area is 121 Å². The second-order valence-corrected chi connectivity index (χ2v) is 6.02. The summed E-state index contributed by atoms with van der Waals surface area (Å²) in [6.45, 7) is 3.75. The van der Waals surface area contributed by atoms with Crippen molar-refractivity contribution in [2.75, 3.05) is 13.6 Å². The summed E-state index contributed by atoms with van der Waals surface area (Å²) in [5, 5.41) is 14.0. The van der Waals surface area contributed by atoms with Gasteiger partial charge in [-0.1, -0.05) is 31.3 Å². The molecule has 5 heteroatoms. The van der Waals surface area contributed by atoms with Crippen molar-refractivity contribution >= 4 is 0 Å². The van der Waals surface area contributed by atoms with Crippen LogP contribution in [0.3, 0.4) is 0 Å². The number of aromatic nitrogens is 2. The number of hydrogen-bond donors (Lipinski definition) is 1. The zero-order chi connectivity index (χ0) is 14.4. The monoisotopic (exact) mass is 281 g/mol. The van der Waals surface area contributed by atoms with Crippen molar-refractivity contribution in [2.24, 2.45) is 5.92 Å². The lowest BCUT2D eigenvalue weighted by Crippen LogP contribution is -2.34. The number of nitrogens with zero attached hydrogens (tertiary/aromatic N) is 3. The largest absolute Gasteiger partial charge is 0.393 e. The van der Waals surface area contributed by atoms with Crippen molar-refractivity contribution in [3.63, 3.8) is 0 Å². The molecule has 1 fully saturated rings. The van der Waals surface area contributed by atoms with Crippen LogP contribution in [0.4, 0.5) is 0 Å². The second kappa shape index (κ2) is 7.74. The van der Waals surface area contributed by atoms with E-state index in [0.29, 0.717) is 12.5 Å². The van der Waals surface area contributed by atoms with Crippen LogP contribution in [0.15, 0.2) is 4.52 Å². The highest BCUT2D eigenvalue weighted by Gasteiger charge is 2.24. The van der Waals surface area contributed by atoms with Gasteiger partial charge in [0.15, 0.2) is 5.82 Å². The summed E-state index contributed by atoms with van der Waals surface area (Å²) in [4.78, 5) is 6.61. The maximum absolute atomic E-state index is 10.0. The van der Waals surface area contributed by atoms with Crippen molar-refractivity contribution in [3.05, 3.63) is 11.7 Å². The third-order valence-electron chi connectivity index (χ3n) is 4.08. The quantitative estimate of drug-likeness (QED) is 0.831. The predicted octanol–water partition coefficient (Wildman–Crippen LogP) is 2.40. The van der Waals surface area contributed by atoms with E-state index in [1.54, 1.807) is 0 Å². The number of aliphatic hydroxyl groups excluding tert-OH is 1. The van der Waals surface area contributed by atoms with Crippen LogP contribution in [-0.4, -0.2) is 39.8 Å². The molecule has 2 rings (SSSR count). The Kier molecular flexibility index (Phi) is 5.98. The van der Waals surface area contributed by atoms with Gasteiger partial charge in [-0.2, -0.15) is 4.98 Å². The number of hydrogen-bond acceptors (Lipinski definition) is 5. The van der Waals surface area contributed by atoms with Gasteiger partial charge in [0.25, 0.3) is 0 Å². The van der Waals surface area contributed by atoms with E-state index >= 15 is 0 Å². The molecule has 1 aromatic heterocycles. The zero-order valence-corrected chi connectivity index (χ0v) is 12.7. The SMILES string of the molecule is CCCCc1nc(CN(C)CC2CCCCC2O)no1. The summed E-state index contributed by atoms with van der Waals surface area (Å²) in [6, 6.07) is 0. The molecule has 0 aliphatic heterocycles. The molecule has 0 amide bonds. The van der Waals surface area contributed by atoms with Crippen LogP contribution in [0.5, 0.6) is 0 Å². The molecule has 5 nitrogen and oxygen atoms in total. The minimum atomic E-state index is -0.142. The summed E-state index contributed by atoms with van der Waals surface area (Å²) >= 11 is 0. The molecule has 2 atom stereocenters. The fourth-order valence-corrected chi connectivity index (χ4v) is 2.89. The van der Waals surface area contributed by atoms with Crippen molar-refractivity contribution in [3.8, 4) is 0 Å². The van der Waals surface area contributed by atoms with Crippen LogP contribution in [0.25, 0.3) is 0 Å². The second-order valence-electron chi connectivity index (χ2n) is 6.02. The molecule has 1 heterocycles. The fourth-order valence-electron chi connectivity index (χ4n) is 2.89. The summed E-state index contributed by atoms with van der Waals surface area (Å²) in [7, 11) is 2.06. The molecule has 0 spiro atoms. The van der Waals surface area contributed by atoms with Gasteiger partial charge in [-0.15, -0.1) is 0 Å². The lowest BCUT2D eigenvalue weighted by atomic mass is 9.86. The Morgan fingerprint density at radius 1 is 1.35 bits per heavy atom. The highest BCUT2D eigenvalue weighted by atomic mass is 16.5. The van der Waals surface area contributed by atoms with E-state index < -0.39 is 0 Å². The molecule has 1 N–H and O–H groups in total. The molecular formula is C15H27N3O2. The van der Waals surface area contributed by atoms with Crippen LogP contribution >= 0.6 is 0 Å². The van der Waals surface area contributed by atoms with Crippen molar-refractivity contribution in [2.45, 2.75) is 64.5 Å². The Morgan fingerprint density at radius 2 is 2.15 bits per heavy atom. The summed E-state index contributed by atoms with van der Waals surface area (Å²) in [5.74, 6) is 1.89. The minimum Gasteiger partial charge on any atom is -0.393 e. The topological polar surface area (TPSA) is 62.4 Å². The highest BCUT2D eigenvalue weighted by Crippen LogP contribution is 2.25. The van der Waals surface area contributed by atoms with E-state index in [2.05, 4.69) is 29.0 Å². The highest BCUT2D eigenvalue weighted by molar-refractivity contribution is 4.87. The first-order valence-electron chi connectivity index (χ1n) is 7.87. The number of aliphatic hydroxyl groups is 1. The maximum Gasteiger partial charge on any atom is 0.226 e. The molecule has 2 unspecified atom stereocenters. The molecule has 1 saturated carbocycles. The number of aryl methyl sites for hydroxylation is 1. The van der Waals surface area contributed by atoms with Crippen molar-refractivity contribution in [1.29, 1.82) is 0 Å². The Morgan fingerprint density at radius 3 is 2.90 bits per heavy atom. The molecule has 1 aromatic rings. The lowest BCUT2D eigenvalue weighted by Gasteiger charge is -2.30. The van der Waals surface area contributed by atoms with Gasteiger partial charge >= 0.3 is 0 Å². The van der Waals surface area contributed by atoms with Crippen LogP contribution in [0.1, 0.15) is 57.2 Å². The fraction of sp³-hybridized carbons (Fsp3) is 0.867. The van der Waals surface area contributed by atoms with Gasteiger partial charge in [-0.05, 0) is 32.2 Å². The van der Waals surface area contributed by atoms with Crippen LogP contribution in [-0.2, 0) is 13.0 Å². The van der Waals surface area contributed by atoms with Crippen LogP contribution < -0.4 is 0 Å². The normalized spacial score (nSPS) is 23.4. The molecule has 0 bridgehead atoms. The van der Waals surface area contributed by atoms with Gasteiger partial charge in [-0.3, -0.25) is 4.90 Å². The smallest absolute Gasteiger partial charge is 0.226 e. The van der Waals surface area contributed by atoms with Gasteiger partial charge in [0.05, 0.1) is 12.6 Å². The molecule has 20 heavy (non-hydrogen) atoms. The van der Waals surface area contributed by atoms with E-state index in [9.17, 15) is 5.11 Å². The molecule has 0 aromatic carbocycles. The van der Waals surface area contributed by atoms with Gasteiger partial charge in [0, 0.05) is 13.0 Å². The van der Waals surface area contributed by atoms with Gasteiger partial charge in [0.2, 0.25) is 5.89 Å². The maximum atomic E-state index is 10.0. The van der Waals surface area contributed by atoms with Crippen molar-refractivity contribution in [1.82, 2.24) is 15.0 Å². The van der Waals surface area contributed by atoms with Crippen LogP contribution in [0.2, 0.25) is 0 Å². The average Bonchev–Trinajstić information content (AvgIpc) is 2.86. The van der Waals surface area contributed by atoms with Crippen LogP contribution in [0, 0.1) is 5.92 Å². The first-order chi connectivity index (χ1) is 9.69. The van der Waals surface area contributed by atoms with Gasteiger partial charge < -0.3 is 9.63 Å². The summed E-state index contributed by atoms with van der Waals surface area (Å²) in [6.07, 6.45) is 7.42. The average molecular weight is 281 g/mol. The molecule has 0 radical (unpaired) electrons. The number of unbranched alkanes of at least 4 members (excludes halogenated alkanes) is 1. The minimum absolute atomic E-state index is 0.142. The third-order valence-corrected chi connectivity index (χ3v) is 4.08. The standard InChI is InChI=1S/C15H27N3O2/c1-3-4-9-15-16-14(17-20-15)11-18(2)10-12-7-5-6-8-13(12)19/h12-13,19H,3-11H2,1-2H3. The Hall–Kier alpha value is -0.940. The summed E-state index contributed by atoms with van der Waals surface area (Å²) < 4.78 is 5.24. The lowest BCUT2D eigenvalue weighted by molar-refractivity contribution is 0.0496.